The average Bonchev–Trinajstić information content (AvgIpc) is 2.63. The molecule has 2 aromatic rings. The van der Waals surface area contributed by atoms with Gasteiger partial charge in [0.25, 0.3) is 0 Å². The highest BCUT2D eigenvalue weighted by Crippen LogP contribution is 2.23. The molecule has 1 heterocycles. The van der Waals surface area contributed by atoms with Gasteiger partial charge < -0.3 is 20.6 Å². The molecule has 5 N–H and O–H groups in total. The number of nitrogens with two attached hydrogens (primary N) is 1. The van der Waals surface area contributed by atoms with Crippen LogP contribution in [0.15, 0.2) is 45.0 Å². The third-order valence-corrected chi connectivity index (χ3v) is 5.07. The largest absolute Gasteiger partial charge is 0.479 e. The van der Waals surface area contributed by atoms with Gasteiger partial charge >= 0.3 is 5.97 Å². The lowest BCUT2D eigenvalue weighted by Gasteiger charge is -2.16. The number of anilines is 3. The van der Waals surface area contributed by atoms with Crippen molar-refractivity contribution in [2.24, 2.45) is 10.3 Å². The summed E-state index contributed by atoms with van der Waals surface area (Å²) in [5.74, 6) is -0.388. The zero-order valence-electron chi connectivity index (χ0n) is 15.5. The number of sulfonamides is 1. The predicted molar refractivity (Wildman–Crippen MR) is 111 cm³/mol. The Balaban J connectivity index is 2.10. The van der Waals surface area contributed by atoms with Crippen molar-refractivity contribution in [3.8, 4) is 0 Å². The van der Waals surface area contributed by atoms with Gasteiger partial charge in [0.1, 0.15) is 5.82 Å². The quantitative estimate of drug-likeness (QED) is 0.305. The summed E-state index contributed by atoms with van der Waals surface area (Å²) >= 11 is 3.35. The van der Waals surface area contributed by atoms with Gasteiger partial charge in [-0.15, -0.1) is 0 Å². The molecule has 0 fully saturated rings. The lowest BCUT2D eigenvalue weighted by atomic mass is 10.2. The summed E-state index contributed by atoms with van der Waals surface area (Å²) in [4.78, 5) is 23.7. The molecule has 29 heavy (non-hydrogen) atoms. The molecule has 2 rings (SSSR count). The maximum atomic E-state index is 11.3. The monoisotopic (exact) mass is 486 g/mol. The van der Waals surface area contributed by atoms with Gasteiger partial charge in [-0.3, -0.25) is 0 Å². The van der Waals surface area contributed by atoms with E-state index >= 15 is 0 Å². The van der Waals surface area contributed by atoms with Crippen molar-refractivity contribution >= 4 is 55.1 Å². The third-order valence-electron chi connectivity index (χ3n) is 3.56. The van der Waals surface area contributed by atoms with E-state index in [-0.39, 0.29) is 16.9 Å². The van der Waals surface area contributed by atoms with Crippen molar-refractivity contribution in [2.45, 2.75) is 24.8 Å². The molecule has 0 spiro atoms. The van der Waals surface area contributed by atoms with Gasteiger partial charge in [0, 0.05) is 11.9 Å². The van der Waals surface area contributed by atoms with Gasteiger partial charge in [0.05, 0.1) is 21.1 Å². The maximum absolute atomic E-state index is 11.3. The molecular formula is C16H19BrN6O5S. The summed E-state index contributed by atoms with van der Waals surface area (Å²) in [6, 6.07) is 5.51. The van der Waals surface area contributed by atoms with Crippen LogP contribution < -0.4 is 15.8 Å². The summed E-state index contributed by atoms with van der Waals surface area (Å²) in [6.45, 7) is 2.96. The van der Waals surface area contributed by atoms with Gasteiger partial charge in [0.15, 0.2) is 0 Å². The van der Waals surface area contributed by atoms with Crippen LogP contribution in [-0.2, 0) is 19.7 Å². The first-order valence-corrected chi connectivity index (χ1v) is 10.5. The molecule has 0 radical (unpaired) electrons. The molecule has 0 saturated carbocycles. The molecule has 1 unspecified atom stereocenters. The van der Waals surface area contributed by atoms with Crippen LogP contribution in [0.5, 0.6) is 0 Å². The normalized spacial score (nSPS) is 12.9. The Morgan fingerprint density at radius 1 is 1.38 bits per heavy atom. The van der Waals surface area contributed by atoms with Gasteiger partial charge in [-0.2, -0.15) is 4.98 Å². The number of primary sulfonamides is 1. The molecule has 1 atom stereocenters. The molecule has 0 amide bonds. The minimum absolute atomic E-state index is 0.00386. The molecule has 1 aromatic heterocycles. The first-order chi connectivity index (χ1) is 13.6. The van der Waals surface area contributed by atoms with E-state index in [2.05, 4.69) is 41.7 Å². The number of oxime groups is 1. The minimum atomic E-state index is -3.77. The van der Waals surface area contributed by atoms with Crippen LogP contribution in [0.25, 0.3) is 0 Å². The van der Waals surface area contributed by atoms with Gasteiger partial charge in [-0.05, 0) is 54.0 Å². The SMILES string of the molecule is C/C(=N\OCC(=O)O)C(C)Nc1nc(Nc2ccc(S(N)(=O)=O)cc2)ncc1Br. The number of aromatic nitrogens is 2. The maximum Gasteiger partial charge on any atom is 0.344 e. The van der Waals surface area contributed by atoms with Crippen molar-refractivity contribution in [1.29, 1.82) is 0 Å². The second kappa shape index (κ2) is 9.62. The number of hydrogen-bond acceptors (Lipinski definition) is 9. The second-order valence-electron chi connectivity index (χ2n) is 5.85. The molecule has 0 bridgehead atoms. The van der Waals surface area contributed by atoms with Crippen molar-refractivity contribution in [1.82, 2.24) is 9.97 Å². The van der Waals surface area contributed by atoms with Gasteiger partial charge in [-0.25, -0.2) is 23.3 Å². The van der Waals surface area contributed by atoms with Crippen LogP contribution in [0.2, 0.25) is 0 Å². The fourth-order valence-corrected chi connectivity index (χ4v) is 2.78. The van der Waals surface area contributed by atoms with E-state index in [0.29, 0.717) is 21.7 Å². The number of benzene rings is 1. The van der Waals surface area contributed by atoms with Crippen molar-refractivity contribution < 1.29 is 23.2 Å². The Bertz CT molecular complexity index is 1010. The van der Waals surface area contributed by atoms with Gasteiger partial charge in [0.2, 0.25) is 22.6 Å². The fourth-order valence-electron chi connectivity index (χ4n) is 1.96. The van der Waals surface area contributed by atoms with E-state index in [1.165, 1.54) is 30.5 Å². The highest BCUT2D eigenvalue weighted by Gasteiger charge is 2.12. The molecule has 0 aliphatic carbocycles. The first-order valence-electron chi connectivity index (χ1n) is 8.13. The van der Waals surface area contributed by atoms with Crippen LogP contribution in [0.3, 0.4) is 0 Å². The Hall–Kier alpha value is -2.77. The zero-order valence-corrected chi connectivity index (χ0v) is 17.9. The molecule has 0 saturated heterocycles. The number of hydrogen-bond donors (Lipinski definition) is 4. The standard InChI is InChI=1S/C16H19BrN6O5S/c1-9(10(2)23-28-8-14(24)25)20-15-13(17)7-19-16(22-15)21-11-3-5-12(6-4-11)29(18,26)27/h3-7,9H,8H2,1-2H3,(H,24,25)(H2,18,26,27)(H2,19,20,21,22)/b23-10+. The topological polar surface area (TPSA) is 169 Å². The lowest BCUT2D eigenvalue weighted by Crippen LogP contribution is -2.25. The number of aliphatic carboxylic acids is 1. The number of halogens is 1. The minimum Gasteiger partial charge on any atom is -0.479 e. The van der Waals surface area contributed by atoms with Crippen LogP contribution >= 0.6 is 15.9 Å². The Labute approximate surface area is 175 Å². The number of carbonyl (C=O) groups is 1. The number of rotatable bonds is 9. The van der Waals surface area contributed by atoms with Crippen molar-refractivity contribution in [2.75, 3.05) is 17.2 Å². The Morgan fingerprint density at radius 3 is 2.62 bits per heavy atom. The van der Waals surface area contributed by atoms with E-state index < -0.39 is 22.6 Å². The number of nitrogens with one attached hydrogen (secondary N) is 2. The molecule has 1 aromatic carbocycles. The molecule has 0 aliphatic heterocycles. The van der Waals surface area contributed by atoms with E-state index in [9.17, 15) is 13.2 Å². The number of carboxylic acids is 1. The molecule has 156 valence electrons. The van der Waals surface area contributed by atoms with Crippen LogP contribution in [-0.4, -0.2) is 47.8 Å². The predicted octanol–water partition coefficient (Wildman–Crippen LogP) is 1.91. The molecule has 11 nitrogen and oxygen atoms in total. The first kappa shape index (κ1) is 22.5. The number of nitrogens with zero attached hydrogens (tertiary/aromatic N) is 3. The van der Waals surface area contributed by atoms with E-state index in [0.717, 1.165) is 0 Å². The molecular weight excluding hydrogens is 468 g/mol. The Kier molecular flexibility index (Phi) is 7.47. The number of carboxylic acid groups (broad SMARTS) is 1. The average molecular weight is 487 g/mol. The van der Waals surface area contributed by atoms with E-state index in [1.54, 1.807) is 13.8 Å². The van der Waals surface area contributed by atoms with Crippen LogP contribution in [0.1, 0.15) is 13.8 Å². The third kappa shape index (κ3) is 6.96. The summed E-state index contributed by atoms with van der Waals surface area (Å²) in [6.07, 6.45) is 1.54. The van der Waals surface area contributed by atoms with E-state index in [4.69, 9.17) is 15.1 Å². The van der Waals surface area contributed by atoms with E-state index in [1.807, 2.05) is 0 Å². The van der Waals surface area contributed by atoms with Crippen molar-refractivity contribution in [3.63, 3.8) is 0 Å². The molecule has 0 aliphatic rings. The van der Waals surface area contributed by atoms with Gasteiger partial charge in [-0.1, -0.05) is 5.16 Å². The summed E-state index contributed by atoms with van der Waals surface area (Å²) < 4.78 is 23.2. The Morgan fingerprint density at radius 2 is 2.03 bits per heavy atom. The second-order valence-corrected chi connectivity index (χ2v) is 8.27. The van der Waals surface area contributed by atoms with Crippen LogP contribution in [0.4, 0.5) is 17.5 Å². The molecule has 13 heteroatoms. The highest BCUT2D eigenvalue weighted by atomic mass is 79.9. The van der Waals surface area contributed by atoms with Crippen LogP contribution in [0, 0.1) is 0 Å². The lowest BCUT2D eigenvalue weighted by molar-refractivity contribution is -0.142. The summed E-state index contributed by atoms with van der Waals surface area (Å²) in [5, 5.41) is 23.5. The smallest absolute Gasteiger partial charge is 0.344 e. The summed E-state index contributed by atoms with van der Waals surface area (Å²) in [7, 11) is -3.77. The fraction of sp³-hybridized carbons (Fsp3) is 0.250. The van der Waals surface area contributed by atoms with Crippen molar-refractivity contribution in [3.05, 3.63) is 34.9 Å². The highest BCUT2D eigenvalue weighted by molar-refractivity contribution is 9.10. The summed E-state index contributed by atoms with van der Waals surface area (Å²) in [5.41, 5.74) is 1.09. The zero-order chi connectivity index (χ0) is 21.6.